The van der Waals surface area contributed by atoms with E-state index in [4.69, 9.17) is 14.2 Å². The van der Waals surface area contributed by atoms with Crippen molar-refractivity contribution in [1.82, 2.24) is 0 Å². The van der Waals surface area contributed by atoms with Crippen LogP contribution in [0, 0.1) is 0 Å². The molecule has 0 atom stereocenters. The van der Waals surface area contributed by atoms with Gasteiger partial charge in [0.05, 0.1) is 6.61 Å². The number of benzene rings is 3. The van der Waals surface area contributed by atoms with Gasteiger partial charge in [0.1, 0.15) is 11.5 Å². The molecule has 164 valence electrons. The van der Waals surface area contributed by atoms with E-state index < -0.39 is 6.16 Å². The molecular formula is C24H22N2O6. The van der Waals surface area contributed by atoms with Gasteiger partial charge in [-0.05, 0) is 67.6 Å². The summed E-state index contributed by atoms with van der Waals surface area (Å²) in [4.78, 5) is 35.7. The van der Waals surface area contributed by atoms with E-state index in [0.29, 0.717) is 22.7 Å². The third-order valence-electron chi connectivity index (χ3n) is 4.12. The number of hydrogen-bond donors (Lipinski definition) is 2. The lowest BCUT2D eigenvalue weighted by atomic mass is 10.2. The molecule has 0 unspecified atom stereocenters. The summed E-state index contributed by atoms with van der Waals surface area (Å²) in [6, 6.07) is 21.8. The van der Waals surface area contributed by atoms with Crippen LogP contribution in [0.3, 0.4) is 0 Å². The molecule has 0 bridgehead atoms. The fourth-order valence-corrected chi connectivity index (χ4v) is 2.62. The zero-order valence-corrected chi connectivity index (χ0v) is 17.4. The molecule has 3 aromatic carbocycles. The van der Waals surface area contributed by atoms with Crippen molar-refractivity contribution in [3.05, 3.63) is 84.4 Å². The average molecular weight is 434 g/mol. The second-order valence-corrected chi connectivity index (χ2v) is 6.49. The summed E-state index contributed by atoms with van der Waals surface area (Å²) in [5.74, 6) is 0.258. The van der Waals surface area contributed by atoms with Crippen molar-refractivity contribution >= 4 is 29.3 Å². The van der Waals surface area contributed by atoms with E-state index in [-0.39, 0.29) is 30.8 Å². The van der Waals surface area contributed by atoms with Crippen molar-refractivity contribution in [3.8, 4) is 11.5 Å². The second kappa shape index (κ2) is 11.2. The molecule has 2 N–H and O–H groups in total. The quantitative estimate of drug-likeness (QED) is 0.400. The predicted molar refractivity (Wildman–Crippen MR) is 119 cm³/mol. The van der Waals surface area contributed by atoms with E-state index in [0.717, 1.165) is 0 Å². The van der Waals surface area contributed by atoms with Crippen LogP contribution in [0.15, 0.2) is 78.9 Å². The maximum absolute atomic E-state index is 12.4. The topological polar surface area (TPSA) is 103 Å². The molecule has 8 heteroatoms. The largest absolute Gasteiger partial charge is 0.513 e. The van der Waals surface area contributed by atoms with Gasteiger partial charge in [-0.15, -0.1) is 0 Å². The molecule has 0 heterocycles. The molecule has 0 aromatic heterocycles. The predicted octanol–water partition coefficient (Wildman–Crippen LogP) is 4.49. The van der Waals surface area contributed by atoms with Gasteiger partial charge in [-0.25, -0.2) is 4.79 Å². The van der Waals surface area contributed by atoms with Crippen LogP contribution >= 0.6 is 0 Å². The zero-order chi connectivity index (χ0) is 22.8. The third kappa shape index (κ3) is 6.88. The highest BCUT2D eigenvalue weighted by Crippen LogP contribution is 2.17. The molecule has 0 saturated heterocycles. The minimum absolute atomic E-state index is 0.113. The Hall–Kier alpha value is -4.33. The molecule has 0 saturated carbocycles. The molecule has 2 amide bonds. The Morgan fingerprint density at radius 1 is 0.750 bits per heavy atom. The highest BCUT2D eigenvalue weighted by molar-refractivity contribution is 6.04. The van der Waals surface area contributed by atoms with E-state index in [9.17, 15) is 14.4 Å². The first-order chi connectivity index (χ1) is 15.5. The average Bonchev–Trinajstić information content (AvgIpc) is 2.80. The Morgan fingerprint density at radius 2 is 1.38 bits per heavy atom. The van der Waals surface area contributed by atoms with Gasteiger partial charge in [-0.3, -0.25) is 9.59 Å². The fraction of sp³-hybridized carbons (Fsp3) is 0.125. The molecule has 0 radical (unpaired) electrons. The van der Waals surface area contributed by atoms with Gasteiger partial charge in [0.25, 0.3) is 11.8 Å². The van der Waals surface area contributed by atoms with E-state index in [1.54, 1.807) is 43.3 Å². The van der Waals surface area contributed by atoms with Crippen molar-refractivity contribution in [2.75, 3.05) is 23.8 Å². The van der Waals surface area contributed by atoms with Crippen LogP contribution in [0.1, 0.15) is 17.3 Å². The van der Waals surface area contributed by atoms with Crippen molar-refractivity contribution in [2.24, 2.45) is 0 Å². The molecular weight excluding hydrogens is 412 g/mol. The number of carbonyl (C=O) groups excluding carboxylic acids is 3. The van der Waals surface area contributed by atoms with E-state index in [1.165, 1.54) is 24.3 Å². The monoisotopic (exact) mass is 434 g/mol. The van der Waals surface area contributed by atoms with Crippen LogP contribution in [0.4, 0.5) is 16.2 Å². The van der Waals surface area contributed by atoms with E-state index in [2.05, 4.69) is 10.6 Å². The van der Waals surface area contributed by atoms with Gasteiger partial charge in [-0.2, -0.15) is 0 Å². The lowest BCUT2D eigenvalue weighted by Crippen LogP contribution is -2.20. The Morgan fingerprint density at radius 3 is 2.00 bits per heavy atom. The lowest BCUT2D eigenvalue weighted by Gasteiger charge is -2.09. The highest BCUT2D eigenvalue weighted by Gasteiger charge is 2.09. The number of hydrogen-bond acceptors (Lipinski definition) is 6. The van der Waals surface area contributed by atoms with Crippen molar-refractivity contribution < 1.29 is 28.6 Å². The molecule has 3 rings (SSSR count). The van der Waals surface area contributed by atoms with Crippen LogP contribution in [0.2, 0.25) is 0 Å². The number of amides is 2. The Bertz CT molecular complexity index is 1050. The minimum Gasteiger partial charge on any atom is -0.484 e. The second-order valence-electron chi connectivity index (χ2n) is 6.49. The van der Waals surface area contributed by atoms with Gasteiger partial charge in [0.15, 0.2) is 6.61 Å². The maximum Gasteiger partial charge on any atom is 0.513 e. The van der Waals surface area contributed by atoms with Gasteiger partial charge in [-0.1, -0.05) is 18.2 Å². The summed E-state index contributed by atoms with van der Waals surface area (Å²) in [6.07, 6.45) is -0.802. The Labute approximate surface area is 185 Å². The maximum atomic E-state index is 12.4. The molecule has 0 aliphatic heterocycles. The minimum atomic E-state index is -0.802. The molecule has 8 nitrogen and oxygen atoms in total. The van der Waals surface area contributed by atoms with Crippen LogP contribution in [0.5, 0.6) is 11.5 Å². The van der Waals surface area contributed by atoms with Crippen molar-refractivity contribution in [2.45, 2.75) is 6.92 Å². The lowest BCUT2D eigenvalue weighted by molar-refractivity contribution is -0.118. The number of ether oxygens (including phenoxy) is 3. The first-order valence-electron chi connectivity index (χ1n) is 9.87. The van der Waals surface area contributed by atoms with Crippen molar-refractivity contribution in [3.63, 3.8) is 0 Å². The van der Waals surface area contributed by atoms with Crippen LogP contribution < -0.4 is 20.1 Å². The summed E-state index contributed by atoms with van der Waals surface area (Å²) in [7, 11) is 0. The van der Waals surface area contributed by atoms with Crippen LogP contribution in [-0.4, -0.2) is 31.2 Å². The molecule has 0 spiro atoms. The van der Waals surface area contributed by atoms with E-state index in [1.807, 2.05) is 18.2 Å². The van der Waals surface area contributed by atoms with E-state index >= 15 is 0 Å². The molecule has 0 aliphatic rings. The number of rotatable bonds is 8. The molecule has 3 aromatic rings. The summed E-state index contributed by atoms with van der Waals surface area (Å²) >= 11 is 0. The first kappa shape index (κ1) is 22.4. The highest BCUT2D eigenvalue weighted by atomic mass is 16.7. The first-order valence-corrected chi connectivity index (χ1v) is 9.87. The summed E-state index contributed by atoms with van der Waals surface area (Å²) in [5.41, 5.74) is 1.52. The Balaban J connectivity index is 1.48. The molecule has 0 fully saturated rings. The SMILES string of the molecule is CCOC(=O)Oc1ccc(C(=O)Nc2ccc(NC(=O)COc3ccccc3)cc2)cc1. The van der Waals surface area contributed by atoms with Gasteiger partial charge in [0.2, 0.25) is 0 Å². The summed E-state index contributed by atoms with van der Waals surface area (Å²) in [6.45, 7) is 1.78. The summed E-state index contributed by atoms with van der Waals surface area (Å²) in [5, 5.41) is 5.48. The normalized spacial score (nSPS) is 10.0. The van der Waals surface area contributed by atoms with Crippen LogP contribution in [-0.2, 0) is 9.53 Å². The fourth-order valence-electron chi connectivity index (χ4n) is 2.62. The number of carbonyl (C=O) groups is 3. The number of anilines is 2. The van der Waals surface area contributed by atoms with Crippen LogP contribution in [0.25, 0.3) is 0 Å². The molecule has 0 aliphatic carbocycles. The number of para-hydroxylation sites is 1. The smallest absolute Gasteiger partial charge is 0.484 e. The molecule has 32 heavy (non-hydrogen) atoms. The zero-order valence-electron chi connectivity index (χ0n) is 17.4. The number of nitrogens with one attached hydrogen (secondary N) is 2. The van der Waals surface area contributed by atoms with Gasteiger partial charge in [0, 0.05) is 16.9 Å². The third-order valence-corrected chi connectivity index (χ3v) is 4.12. The van der Waals surface area contributed by atoms with Gasteiger partial charge < -0.3 is 24.8 Å². The Kier molecular flexibility index (Phi) is 7.80. The van der Waals surface area contributed by atoms with Crippen molar-refractivity contribution in [1.29, 1.82) is 0 Å². The van der Waals surface area contributed by atoms with Gasteiger partial charge >= 0.3 is 6.16 Å². The summed E-state index contributed by atoms with van der Waals surface area (Å²) < 4.78 is 15.1. The standard InChI is InChI=1S/C24H22N2O6/c1-2-30-24(29)32-21-14-8-17(9-15-21)23(28)26-19-12-10-18(11-13-19)25-22(27)16-31-20-6-4-3-5-7-20/h3-15H,2,16H2,1H3,(H,25,27)(H,26,28).